The van der Waals surface area contributed by atoms with Crippen LogP contribution < -0.4 is 16.4 Å². The first-order chi connectivity index (χ1) is 8.38. The predicted molar refractivity (Wildman–Crippen MR) is 67.2 cm³/mol. The van der Waals surface area contributed by atoms with E-state index in [1.54, 1.807) is 11.8 Å². The molecule has 0 aromatic carbocycles. The van der Waals surface area contributed by atoms with Crippen LogP contribution in [0.5, 0.6) is 0 Å². The van der Waals surface area contributed by atoms with E-state index in [4.69, 9.17) is 10.8 Å². The number of hydrogen-bond donors (Lipinski definition) is 4. The van der Waals surface area contributed by atoms with Gasteiger partial charge in [-0.3, -0.25) is 4.79 Å². The third-order valence-corrected chi connectivity index (χ3v) is 4.24. The summed E-state index contributed by atoms with van der Waals surface area (Å²) in [6.07, 6.45) is 3.63. The molecule has 18 heavy (non-hydrogen) atoms. The number of amides is 3. The fraction of sp³-hybridized carbons (Fsp3) is 0.700. The molecule has 7 nitrogen and oxygen atoms in total. The van der Waals surface area contributed by atoms with E-state index in [0.29, 0.717) is 6.54 Å². The van der Waals surface area contributed by atoms with Crippen LogP contribution in [0.4, 0.5) is 4.79 Å². The largest absolute Gasteiger partial charge is 0.480 e. The van der Waals surface area contributed by atoms with Crippen LogP contribution in [-0.2, 0) is 9.59 Å². The highest BCUT2D eigenvalue weighted by Gasteiger charge is 2.42. The lowest BCUT2D eigenvalue weighted by molar-refractivity contribution is -0.140. The number of carbonyl (C=O) groups is 3. The summed E-state index contributed by atoms with van der Waals surface area (Å²) in [4.78, 5) is 32.9. The number of carboxylic acids is 1. The molecular weight excluding hydrogens is 258 g/mol. The Labute approximate surface area is 109 Å². The first-order valence-corrected chi connectivity index (χ1v) is 6.72. The lowest BCUT2D eigenvalue weighted by atomic mass is 10.2. The SMILES string of the molecule is CSC1(CNC(=O)N[C@H](CC(N)=O)C(=O)O)CC1. The van der Waals surface area contributed by atoms with Gasteiger partial charge in [0, 0.05) is 11.3 Å². The Morgan fingerprint density at radius 3 is 2.44 bits per heavy atom. The minimum absolute atomic E-state index is 0.0970. The second kappa shape index (κ2) is 5.94. The summed E-state index contributed by atoms with van der Waals surface area (Å²) in [7, 11) is 0. The van der Waals surface area contributed by atoms with Crippen LogP contribution in [0.2, 0.25) is 0 Å². The predicted octanol–water partition coefficient (Wildman–Crippen LogP) is -0.490. The van der Waals surface area contributed by atoms with E-state index < -0.39 is 30.4 Å². The Kier molecular flexibility index (Phi) is 4.83. The number of carbonyl (C=O) groups excluding carboxylic acids is 2. The van der Waals surface area contributed by atoms with Gasteiger partial charge in [0.05, 0.1) is 6.42 Å². The van der Waals surface area contributed by atoms with Gasteiger partial charge in [0.2, 0.25) is 5.91 Å². The van der Waals surface area contributed by atoms with Crippen LogP contribution in [0, 0.1) is 0 Å². The van der Waals surface area contributed by atoms with E-state index in [-0.39, 0.29) is 4.75 Å². The van der Waals surface area contributed by atoms with Crippen LogP contribution in [0.3, 0.4) is 0 Å². The number of thioether (sulfide) groups is 1. The average molecular weight is 275 g/mol. The van der Waals surface area contributed by atoms with Gasteiger partial charge in [-0.05, 0) is 19.1 Å². The normalized spacial score (nSPS) is 17.6. The molecule has 8 heteroatoms. The molecule has 1 fully saturated rings. The van der Waals surface area contributed by atoms with Crippen molar-refractivity contribution in [2.24, 2.45) is 5.73 Å². The van der Waals surface area contributed by atoms with E-state index in [1.807, 2.05) is 6.26 Å². The summed E-state index contributed by atoms with van der Waals surface area (Å²) in [5, 5.41) is 13.6. The molecule has 1 aliphatic rings. The van der Waals surface area contributed by atoms with E-state index in [0.717, 1.165) is 12.8 Å². The van der Waals surface area contributed by atoms with Crippen molar-refractivity contribution in [3.05, 3.63) is 0 Å². The Hall–Kier alpha value is -1.44. The number of hydrogen-bond acceptors (Lipinski definition) is 4. The van der Waals surface area contributed by atoms with Crippen molar-refractivity contribution in [1.29, 1.82) is 0 Å². The van der Waals surface area contributed by atoms with Crippen LogP contribution in [0.25, 0.3) is 0 Å². The first-order valence-electron chi connectivity index (χ1n) is 5.49. The van der Waals surface area contributed by atoms with Crippen molar-refractivity contribution in [3.63, 3.8) is 0 Å². The standard InChI is InChI=1S/C10H17N3O4S/c1-18-10(2-3-10)5-12-9(17)13-6(8(15)16)4-7(11)14/h6H,2-5H2,1H3,(H2,11,14)(H,15,16)(H2,12,13,17)/t6-/m1/s1. The van der Waals surface area contributed by atoms with Crippen LogP contribution in [0.1, 0.15) is 19.3 Å². The number of urea groups is 1. The molecule has 0 aliphatic heterocycles. The van der Waals surface area contributed by atoms with E-state index in [9.17, 15) is 14.4 Å². The summed E-state index contributed by atoms with van der Waals surface area (Å²) in [5.74, 6) is -2.06. The first kappa shape index (κ1) is 14.6. The number of nitrogens with one attached hydrogen (secondary N) is 2. The summed E-state index contributed by atoms with van der Waals surface area (Å²) >= 11 is 1.68. The number of carboxylic acid groups (broad SMARTS) is 1. The van der Waals surface area contributed by atoms with Crippen molar-refractivity contribution in [2.75, 3.05) is 12.8 Å². The summed E-state index contributed by atoms with van der Waals surface area (Å²) in [6.45, 7) is 0.489. The quantitative estimate of drug-likeness (QED) is 0.499. The number of aliphatic carboxylic acids is 1. The molecule has 1 atom stereocenters. The summed E-state index contributed by atoms with van der Waals surface area (Å²) in [5.41, 5.74) is 4.90. The van der Waals surface area contributed by atoms with Crippen molar-refractivity contribution in [3.8, 4) is 0 Å². The molecule has 3 amide bonds. The molecule has 0 radical (unpaired) electrons. The molecular formula is C10H17N3O4S. The van der Waals surface area contributed by atoms with Crippen molar-refractivity contribution >= 4 is 29.7 Å². The Bertz CT molecular complexity index is 357. The van der Waals surface area contributed by atoms with E-state index >= 15 is 0 Å². The second-order valence-electron chi connectivity index (χ2n) is 4.28. The Morgan fingerprint density at radius 1 is 1.44 bits per heavy atom. The van der Waals surface area contributed by atoms with Gasteiger partial charge in [-0.25, -0.2) is 9.59 Å². The molecule has 0 bridgehead atoms. The molecule has 0 saturated heterocycles. The zero-order valence-electron chi connectivity index (χ0n) is 10.1. The Morgan fingerprint density at radius 2 is 2.06 bits per heavy atom. The summed E-state index contributed by atoms with van der Waals surface area (Å²) < 4.78 is 0.0970. The van der Waals surface area contributed by atoms with Crippen LogP contribution >= 0.6 is 11.8 Å². The van der Waals surface area contributed by atoms with Gasteiger partial charge in [0.1, 0.15) is 6.04 Å². The molecule has 1 aliphatic carbocycles. The fourth-order valence-electron chi connectivity index (χ4n) is 1.44. The summed E-state index contributed by atoms with van der Waals surface area (Å²) in [6, 6.07) is -1.88. The number of primary amides is 1. The fourth-order valence-corrected chi connectivity index (χ4v) is 2.17. The molecule has 0 heterocycles. The molecule has 0 aromatic heterocycles. The van der Waals surface area contributed by atoms with Gasteiger partial charge in [-0.2, -0.15) is 11.8 Å². The molecule has 1 saturated carbocycles. The highest BCUT2D eigenvalue weighted by atomic mass is 32.2. The van der Waals surface area contributed by atoms with Gasteiger partial charge in [0.15, 0.2) is 0 Å². The van der Waals surface area contributed by atoms with E-state index in [2.05, 4.69) is 10.6 Å². The topological polar surface area (TPSA) is 122 Å². The highest BCUT2D eigenvalue weighted by molar-refractivity contribution is 8.00. The number of rotatable bonds is 7. The number of nitrogens with two attached hydrogens (primary N) is 1. The zero-order chi connectivity index (χ0) is 13.8. The van der Waals surface area contributed by atoms with Gasteiger partial charge >= 0.3 is 12.0 Å². The van der Waals surface area contributed by atoms with Gasteiger partial charge in [0.25, 0.3) is 0 Å². The molecule has 0 unspecified atom stereocenters. The third-order valence-electron chi connectivity index (χ3n) is 2.82. The Balaban J connectivity index is 2.36. The molecule has 5 N–H and O–H groups in total. The second-order valence-corrected chi connectivity index (χ2v) is 5.55. The minimum Gasteiger partial charge on any atom is -0.480 e. The lowest BCUT2D eigenvalue weighted by Gasteiger charge is -2.16. The van der Waals surface area contributed by atoms with E-state index in [1.165, 1.54) is 0 Å². The smallest absolute Gasteiger partial charge is 0.326 e. The maximum Gasteiger partial charge on any atom is 0.326 e. The van der Waals surface area contributed by atoms with Crippen LogP contribution in [0.15, 0.2) is 0 Å². The monoisotopic (exact) mass is 275 g/mol. The maximum absolute atomic E-state index is 11.5. The molecule has 1 rings (SSSR count). The minimum atomic E-state index is -1.29. The third kappa shape index (κ3) is 4.44. The lowest BCUT2D eigenvalue weighted by Crippen LogP contribution is -2.49. The molecule has 0 aromatic rings. The van der Waals surface area contributed by atoms with Gasteiger partial charge in [-0.15, -0.1) is 0 Å². The zero-order valence-corrected chi connectivity index (χ0v) is 10.9. The maximum atomic E-state index is 11.5. The van der Waals surface area contributed by atoms with Crippen molar-refractivity contribution < 1.29 is 19.5 Å². The average Bonchev–Trinajstić information content (AvgIpc) is 3.05. The van der Waals surface area contributed by atoms with Crippen molar-refractivity contribution in [1.82, 2.24) is 10.6 Å². The van der Waals surface area contributed by atoms with Crippen LogP contribution in [-0.4, -0.2) is 46.6 Å². The van der Waals surface area contributed by atoms with Gasteiger partial charge in [-0.1, -0.05) is 0 Å². The molecule has 102 valence electrons. The van der Waals surface area contributed by atoms with Gasteiger partial charge < -0.3 is 21.5 Å². The molecule has 0 spiro atoms. The van der Waals surface area contributed by atoms with Crippen molar-refractivity contribution in [2.45, 2.75) is 30.1 Å². The highest BCUT2D eigenvalue weighted by Crippen LogP contribution is 2.46.